The Balaban J connectivity index is 2.33. The predicted molar refractivity (Wildman–Crippen MR) is 99.1 cm³/mol. The number of benzene rings is 1. The van der Waals surface area contributed by atoms with Crippen LogP contribution in [0, 0.1) is 0 Å². The van der Waals surface area contributed by atoms with Crippen molar-refractivity contribution in [1.29, 1.82) is 0 Å². The molecule has 1 N–H and O–H groups in total. The minimum atomic E-state index is -4.67. The minimum absolute atomic E-state index is 0.0779. The summed E-state index contributed by atoms with van der Waals surface area (Å²) in [5, 5.41) is 3.12. The monoisotopic (exact) mass is 445 g/mol. The van der Waals surface area contributed by atoms with Gasteiger partial charge >= 0.3 is 6.18 Å². The summed E-state index contributed by atoms with van der Waals surface area (Å²) in [7, 11) is 1.52. The highest BCUT2D eigenvalue weighted by Crippen LogP contribution is 2.38. The number of ether oxygens (including phenoxy) is 1. The zero-order valence-corrected chi connectivity index (χ0v) is 16.7. The Hall–Kier alpha value is -1.19. The van der Waals surface area contributed by atoms with Crippen molar-refractivity contribution >= 4 is 46.5 Å². The molecule has 1 aromatic carbocycles. The van der Waals surface area contributed by atoms with Gasteiger partial charge in [-0.15, -0.1) is 0 Å². The molecule has 0 amide bonds. The molecule has 0 spiro atoms. The molecule has 0 aliphatic heterocycles. The molecular weight excluding hydrogens is 430 g/mol. The predicted octanol–water partition coefficient (Wildman–Crippen LogP) is 5.87. The molecule has 2 rings (SSSR count). The van der Waals surface area contributed by atoms with Gasteiger partial charge in [0.05, 0.1) is 28.9 Å². The van der Waals surface area contributed by atoms with E-state index >= 15 is 0 Å². The number of oxazole rings is 1. The average molecular weight is 447 g/mol. The first-order valence-electron chi connectivity index (χ1n) is 7.85. The molecule has 150 valence electrons. The molecule has 0 bridgehead atoms. The van der Waals surface area contributed by atoms with Crippen LogP contribution in [0.15, 0.2) is 16.5 Å². The largest absolute Gasteiger partial charge is 0.436 e. The molecule has 0 atom stereocenters. The summed E-state index contributed by atoms with van der Waals surface area (Å²) in [5.41, 5.74) is -0.960. The molecule has 2 aromatic rings. The van der Waals surface area contributed by atoms with E-state index in [1.165, 1.54) is 19.2 Å². The lowest BCUT2D eigenvalue weighted by molar-refractivity contribution is -0.142. The van der Waals surface area contributed by atoms with Gasteiger partial charge in [0, 0.05) is 18.7 Å². The second-order valence-electron chi connectivity index (χ2n) is 5.52. The number of rotatable bonds is 8. The Morgan fingerprint density at radius 1 is 1.22 bits per heavy atom. The van der Waals surface area contributed by atoms with Gasteiger partial charge in [-0.3, -0.25) is 4.90 Å². The van der Waals surface area contributed by atoms with Crippen molar-refractivity contribution in [1.82, 2.24) is 9.88 Å². The van der Waals surface area contributed by atoms with E-state index in [1.54, 1.807) is 4.90 Å². The van der Waals surface area contributed by atoms with Crippen molar-refractivity contribution in [2.75, 3.05) is 32.1 Å². The van der Waals surface area contributed by atoms with E-state index in [-0.39, 0.29) is 39.1 Å². The molecule has 27 heavy (non-hydrogen) atoms. The second-order valence-corrected chi connectivity index (χ2v) is 6.77. The van der Waals surface area contributed by atoms with Crippen molar-refractivity contribution in [2.45, 2.75) is 19.6 Å². The van der Waals surface area contributed by atoms with Gasteiger partial charge in [0.1, 0.15) is 0 Å². The molecule has 0 fully saturated rings. The summed E-state index contributed by atoms with van der Waals surface area (Å²) in [5.74, 6) is -0.316. The smallest absolute Gasteiger partial charge is 0.426 e. The first-order valence-corrected chi connectivity index (χ1v) is 8.98. The van der Waals surface area contributed by atoms with E-state index in [9.17, 15) is 13.2 Å². The maximum Gasteiger partial charge on any atom is 0.436 e. The Labute approximate surface area is 169 Å². The van der Waals surface area contributed by atoms with Gasteiger partial charge in [-0.2, -0.15) is 18.2 Å². The third kappa shape index (κ3) is 5.89. The maximum atomic E-state index is 13.4. The van der Waals surface area contributed by atoms with E-state index in [0.717, 1.165) is 0 Å². The number of methoxy groups -OCH3 is 1. The third-order valence-electron chi connectivity index (χ3n) is 3.63. The quantitative estimate of drug-likeness (QED) is 0.550. The molecule has 5 nitrogen and oxygen atoms in total. The summed E-state index contributed by atoms with van der Waals surface area (Å²) >= 11 is 17.9. The second kappa shape index (κ2) is 9.34. The molecule has 0 saturated heterocycles. The van der Waals surface area contributed by atoms with Gasteiger partial charge in [-0.05, 0) is 18.7 Å². The molecule has 11 heteroatoms. The molecular formula is C16H17Cl3F3N3O2. The molecule has 0 radical (unpaired) electrons. The van der Waals surface area contributed by atoms with Crippen LogP contribution in [0.4, 0.5) is 24.9 Å². The van der Waals surface area contributed by atoms with Gasteiger partial charge in [-0.25, -0.2) is 0 Å². The van der Waals surface area contributed by atoms with E-state index in [1.807, 2.05) is 6.92 Å². The number of hydrogen-bond acceptors (Lipinski definition) is 5. The van der Waals surface area contributed by atoms with Crippen molar-refractivity contribution in [3.63, 3.8) is 0 Å². The summed E-state index contributed by atoms with van der Waals surface area (Å²) < 4.78 is 50.4. The number of hydrogen-bond donors (Lipinski definition) is 1. The topological polar surface area (TPSA) is 50.5 Å². The molecule has 1 aromatic heterocycles. The van der Waals surface area contributed by atoms with Gasteiger partial charge in [0.15, 0.2) is 11.5 Å². The Morgan fingerprint density at radius 3 is 2.37 bits per heavy atom. The molecule has 0 aliphatic carbocycles. The molecule has 0 unspecified atom stereocenters. The third-order valence-corrected chi connectivity index (χ3v) is 4.45. The lowest BCUT2D eigenvalue weighted by atomic mass is 10.3. The van der Waals surface area contributed by atoms with Crippen molar-refractivity contribution in [3.05, 3.63) is 38.7 Å². The highest BCUT2D eigenvalue weighted by molar-refractivity contribution is 6.41. The highest BCUT2D eigenvalue weighted by Gasteiger charge is 2.39. The van der Waals surface area contributed by atoms with Crippen molar-refractivity contribution in [3.8, 4) is 0 Å². The van der Waals surface area contributed by atoms with Gasteiger partial charge in [0.25, 0.3) is 6.01 Å². The van der Waals surface area contributed by atoms with E-state index in [0.29, 0.717) is 19.7 Å². The summed E-state index contributed by atoms with van der Waals surface area (Å²) in [6.07, 6.45) is -4.67. The number of aromatic nitrogens is 1. The Kier molecular flexibility index (Phi) is 7.64. The van der Waals surface area contributed by atoms with E-state index in [2.05, 4.69) is 10.3 Å². The Morgan fingerprint density at radius 2 is 1.85 bits per heavy atom. The van der Waals surface area contributed by atoms with Crippen LogP contribution in [-0.2, 0) is 17.5 Å². The van der Waals surface area contributed by atoms with Gasteiger partial charge in [-0.1, -0.05) is 41.7 Å². The number of nitrogens with one attached hydrogen (secondary N) is 1. The number of halogens is 6. The molecule has 0 saturated carbocycles. The van der Waals surface area contributed by atoms with Crippen LogP contribution in [0.1, 0.15) is 18.4 Å². The molecule has 1 heterocycles. The SMILES string of the molecule is CCN(CCOC)Cc1oc(Nc2c(Cl)cc(Cl)cc2Cl)nc1C(F)(F)F. The first-order chi connectivity index (χ1) is 12.7. The number of anilines is 2. The van der Waals surface area contributed by atoms with Crippen LogP contribution < -0.4 is 5.32 Å². The van der Waals surface area contributed by atoms with Crippen LogP contribution in [0.2, 0.25) is 15.1 Å². The zero-order chi connectivity index (χ0) is 20.2. The van der Waals surface area contributed by atoms with Gasteiger partial charge < -0.3 is 14.5 Å². The number of alkyl halides is 3. The van der Waals surface area contributed by atoms with E-state index in [4.69, 9.17) is 44.0 Å². The summed E-state index contributed by atoms with van der Waals surface area (Å²) in [6, 6.07) is 2.43. The van der Waals surface area contributed by atoms with Crippen LogP contribution in [-0.4, -0.2) is 36.7 Å². The van der Waals surface area contributed by atoms with E-state index < -0.39 is 11.9 Å². The zero-order valence-electron chi connectivity index (χ0n) is 14.5. The summed E-state index contributed by atoms with van der Waals surface area (Å²) in [6.45, 7) is 3.09. The normalized spacial score (nSPS) is 12.0. The van der Waals surface area contributed by atoms with Crippen molar-refractivity contribution in [2.24, 2.45) is 0 Å². The highest BCUT2D eigenvalue weighted by atomic mass is 35.5. The van der Waals surface area contributed by atoms with Gasteiger partial charge in [0.2, 0.25) is 0 Å². The first kappa shape index (κ1) is 22.1. The minimum Gasteiger partial charge on any atom is -0.426 e. The lowest BCUT2D eigenvalue weighted by Gasteiger charge is -2.19. The maximum absolute atomic E-state index is 13.4. The lowest BCUT2D eigenvalue weighted by Crippen LogP contribution is -2.27. The van der Waals surface area contributed by atoms with Crippen LogP contribution in [0.5, 0.6) is 0 Å². The Bertz CT molecular complexity index is 761. The fraction of sp³-hybridized carbons (Fsp3) is 0.438. The van der Waals surface area contributed by atoms with Crippen LogP contribution in [0.25, 0.3) is 0 Å². The standard InChI is InChI=1S/C16H17Cl3F3N3O2/c1-3-25(4-5-26-2)8-12-14(16(20,21)22)24-15(27-12)23-13-10(18)6-9(17)7-11(13)19/h6-7H,3-5,8H2,1-2H3,(H,23,24). The van der Waals surface area contributed by atoms with Crippen LogP contribution in [0.3, 0.4) is 0 Å². The number of nitrogens with zero attached hydrogens (tertiary/aromatic N) is 2. The fourth-order valence-corrected chi connectivity index (χ4v) is 3.19. The average Bonchev–Trinajstić information content (AvgIpc) is 2.97. The fourth-order valence-electron chi connectivity index (χ4n) is 2.27. The van der Waals surface area contributed by atoms with Crippen LogP contribution >= 0.6 is 34.8 Å². The summed E-state index contributed by atoms with van der Waals surface area (Å²) in [4.78, 5) is 5.28. The van der Waals surface area contributed by atoms with Crippen molar-refractivity contribution < 1.29 is 22.3 Å². The number of likely N-dealkylation sites (N-methyl/N-ethyl adjacent to an activating group) is 1. The molecule has 0 aliphatic rings.